The molecular formula is C22H28ClN3O3S. The minimum Gasteiger partial charge on any atom is -0.352 e. The second-order valence-electron chi connectivity index (χ2n) is 7.65. The van der Waals surface area contributed by atoms with Crippen LogP contribution in [0, 0.1) is 0 Å². The molecule has 2 aromatic rings. The van der Waals surface area contributed by atoms with Crippen LogP contribution in [-0.4, -0.2) is 48.6 Å². The van der Waals surface area contributed by atoms with Crippen LogP contribution in [0.3, 0.4) is 0 Å². The van der Waals surface area contributed by atoms with Gasteiger partial charge < -0.3 is 5.32 Å². The molecule has 1 fully saturated rings. The quantitative estimate of drug-likeness (QED) is 0.672. The molecule has 0 aliphatic carbocycles. The highest BCUT2D eigenvalue weighted by atomic mass is 35.5. The largest absolute Gasteiger partial charge is 0.352 e. The van der Waals surface area contributed by atoms with Crippen LogP contribution < -0.4 is 5.32 Å². The van der Waals surface area contributed by atoms with Crippen LogP contribution in [0.5, 0.6) is 0 Å². The van der Waals surface area contributed by atoms with E-state index in [0.717, 1.165) is 18.4 Å². The lowest BCUT2D eigenvalue weighted by molar-refractivity contribution is -0.122. The smallest absolute Gasteiger partial charge is 0.282 e. The van der Waals surface area contributed by atoms with Gasteiger partial charge in [-0.1, -0.05) is 54.1 Å². The standard InChI is InChI=1S/C22H28ClN3O3S/c1-18(8-9-19-6-3-2-4-7-19)24-22(27)17-26-15-5-14-25(30(26,28)29)16-20-10-12-21(23)13-11-20/h2-4,6-7,10-13,18H,5,8-9,14-17H2,1H3,(H,24,27). The fraction of sp³-hybridized carbons (Fsp3) is 0.409. The third-order valence-corrected chi connectivity index (χ3v) is 7.36. The minimum absolute atomic E-state index is 0.0321. The molecule has 1 unspecified atom stereocenters. The molecule has 0 saturated carbocycles. The lowest BCUT2D eigenvalue weighted by Gasteiger charge is -2.34. The molecule has 162 valence electrons. The summed E-state index contributed by atoms with van der Waals surface area (Å²) in [6, 6.07) is 17.2. The molecular weight excluding hydrogens is 422 g/mol. The van der Waals surface area contributed by atoms with Crippen LogP contribution in [-0.2, 0) is 28.0 Å². The highest BCUT2D eigenvalue weighted by Crippen LogP contribution is 2.20. The molecule has 1 saturated heterocycles. The van der Waals surface area contributed by atoms with Gasteiger partial charge in [0.2, 0.25) is 5.91 Å². The van der Waals surface area contributed by atoms with Crippen molar-refractivity contribution in [2.24, 2.45) is 0 Å². The van der Waals surface area contributed by atoms with Gasteiger partial charge in [0.05, 0.1) is 6.54 Å². The first-order valence-electron chi connectivity index (χ1n) is 10.2. The zero-order valence-corrected chi connectivity index (χ0v) is 18.7. The number of nitrogens with zero attached hydrogens (tertiary/aromatic N) is 2. The van der Waals surface area contributed by atoms with E-state index < -0.39 is 10.2 Å². The maximum absolute atomic E-state index is 13.0. The van der Waals surface area contributed by atoms with Gasteiger partial charge in [0.25, 0.3) is 10.2 Å². The summed E-state index contributed by atoms with van der Waals surface area (Å²) in [5.74, 6) is -0.271. The lowest BCUT2D eigenvalue weighted by atomic mass is 10.1. The number of benzene rings is 2. The van der Waals surface area contributed by atoms with Gasteiger partial charge in [-0.15, -0.1) is 0 Å². The molecule has 0 aromatic heterocycles. The van der Waals surface area contributed by atoms with Gasteiger partial charge >= 0.3 is 0 Å². The van der Waals surface area contributed by atoms with E-state index in [1.165, 1.54) is 14.2 Å². The SMILES string of the molecule is CC(CCc1ccccc1)NC(=O)CN1CCCN(Cc2ccc(Cl)cc2)S1(=O)=O. The first kappa shape index (κ1) is 22.7. The molecule has 6 nitrogen and oxygen atoms in total. The predicted molar refractivity (Wildman–Crippen MR) is 119 cm³/mol. The van der Waals surface area contributed by atoms with Crippen LogP contribution in [0.2, 0.25) is 5.02 Å². The highest BCUT2D eigenvalue weighted by molar-refractivity contribution is 7.86. The molecule has 1 aliphatic rings. The number of hydrogen-bond donors (Lipinski definition) is 1. The average molecular weight is 450 g/mol. The number of hydrogen-bond acceptors (Lipinski definition) is 3. The second kappa shape index (κ2) is 10.4. The average Bonchev–Trinajstić information content (AvgIpc) is 2.72. The van der Waals surface area contributed by atoms with Gasteiger partial charge in [0.1, 0.15) is 0 Å². The Morgan fingerprint density at radius 1 is 1.03 bits per heavy atom. The summed E-state index contributed by atoms with van der Waals surface area (Å²) in [7, 11) is -3.69. The molecule has 3 rings (SSSR count). The Morgan fingerprint density at radius 3 is 2.40 bits per heavy atom. The van der Waals surface area contributed by atoms with E-state index in [-0.39, 0.29) is 25.0 Å². The molecule has 1 aliphatic heterocycles. The van der Waals surface area contributed by atoms with Crippen LogP contribution in [0.4, 0.5) is 0 Å². The van der Waals surface area contributed by atoms with E-state index in [4.69, 9.17) is 11.6 Å². The van der Waals surface area contributed by atoms with Crippen molar-refractivity contribution in [3.63, 3.8) is 0 Å². The number of halogens is 1. The third-order valence-electron chi connectivity index (χ3n) is 5.18. The number of carbonyl (C=O) groups is 1. The first-order valence-corrected chi connectivity index (χ1v) is 11.9. The lowest BCUT2D eigenvalue weighted by Crippen LogP contribution is -2.52. The van der Waals surface area contributed by atoms with E-state index in [1.54, 1.807) is 12.1 Å². The molecule has 8 heteroatoms. The van der Waals surface area contributed by atoms with Gasteiger partial charge in [-0.05, 0) is 49.4 Å². The summed E-state index contributed by atoms with van der Waals surface area (Å²) in [5.41, 5.74) is 2.08. The number of nitrogens with one attached hydrogen (secondary N) is 1. The monoisotopic (exact) mass is 449 g/mol. The maximum Gasteiger partial charge on any atom is 0.282 e. The fourth-order valence-electron chi connectivity index (χ4n) is 3.51. The summed E-state index contributed by atoms with van der Waals surface area (Å²) in [6.45, 7) is 2.85. The first-order chi connectivity index (χ1) is 14.3. The van der Waals surface area contributed by atoms with Gasteiger partial charge in [0.15, 0.2) is 0 Å². The Bertz CT molecular complexity index is 936. The van der Waals surface area contributed by atoms with E-state index in [9.17, 15) is 13.2 Å². The van der Waals surface area contributed by atoms with Gasteiger partial charge in [0, 0.05) is 30.7 Å². The molecule has 0 radical (unpaired) electrons. The Kier molecular flexibility index (Phi) is 7.88. The van der Waals surface area contributed by atoms with Crippen LogP contribution >= 0.6 is 11.6 Å². The van der Waals surface area contributed by atoms with E-state index in [1.807, 2.05) is 37.3 Å². The molecule has 1 N–H and O–H groups in total. The normalized spacial score (nSPS) is 18.1. The number of amides is 1. The van der Waals surface area contributed by atoms with Gasteiger partial charge in [-0.25, -0.2) is 0 Å². The zero-order chi connectivity index (χ0) is 21.6. The van der Waals surface area contributed by atoms with Crippen molar-refractivity contribution in [2.45, 2.75) is 38.8 Å². The summed E-state index contributed by atoms with van der Waals surface area (Å²) in [4.78, 5) is 12.5. The van der Waals surface area contributed by atoms with Crippen molar-refractivity contribution in [3.05, 3.63) is 70.7 Å². The van der Waals surface area contributed by atoms with Crippen molar-refractivity contribution in [1.29, 1.82) is 0 Å². The van der Waals surface area contributed by atoms with Crippen molar-refractivity contribution >= 4 is 27.7 Å². The van der Waals surface area contributed by atoms with Crippen molar-refractivity contribution in [3.8, 4) is 0 Å². The number of carbonyl (C=O) groups excluding carboxylic acids is 1. The summed E-state index contributed by atoms with van der Waals surface area (Å²) < 4.78 is 28.6. The molecule has 0 bridgehead atoms. The Balaban J connectivity index is 1.53. The zero-order valence-electron chi connectivity index (χ0n) is 17.1. The molecule has 1 amide bonds. The Hall–Kier alpha value is -1.93. The van der Waals surface area contributed by atoms with E-state index in [2.05, 4.69) is 17.4 Å². The number of aryl methyl sites for hydroxylation is 1. The topological polar surface area (TPSA) is 69.7 Å². The Labute approximate surface area is 184 Å². The van der Waals surface area contributed by atoms with Crippen molar-refractivity contribution in [1.82, 2.24) is 13.9 Å². The fourth-order valence-corrected chi connectivity index (χ4v) is 5.28. The summed E-state index contributed by atoms with van der Waals surface area (Å²) >= 11 is 5.91. The maximum atomic E-state index is 13.0. The Morgan fingerprint density at radius 2 is 1.70 bits per heavy atom. The molecule has 30 heavy (non-hydrogen) atoms. The molecule has 0 spiro atoms. The van der Waals surface area contributed by atoms with Crippen molar-refractivity contribution in [2.75, 3.05) is 19.6 Å². The van der Waals surface area contributed by atoms with E-state index >= 15 is 0 Å². The molecule has 1 heterocycles. The number of rotatable bonds is 8. The van der Waals surface area contributed by atoms with Crippen LogP contribution in [0.15, 0.2) is 54.6 Å². The van der Waals surface area contributed by atoms with E-state index in [0.29, 0.717) is 24.5 Å². The van der Waals surface area contributed by atoms with Crippen LogP contribution in [0.1, 0.15) is 30.9 Å². The van der Waals surface area contributed by atoms with Crippen LogP contribution in [0.25, 0.3) is 0 Å². The predicted octanol–water partition coefficient (Wildman–Crippen LogP) is 3.23. The second-order valence-corrected chi connectivity index (χ2v) is 10.0. The third kappa shape index (κ3) is 6.28. The molecule has 2 aromatic carbocycles. The summed E-state index contributed by atoms with van der Waals surface area (Å²) in [5, 5.41) is 3.54. The highest BCUT2D eigenvalue weighted by Gasteiger charge is 2.34. The summed E-state index contributed by atoms with van der Waals surface area (Å²) in [6.07, 6.45) is 2.34. The van der Waals surface area contributed by atoms with Gasteiger partial charge in [-0.3, -0.25) is 4.79 Å². The van der Waals surface area contributed by atoms with Gasteiger partial charge in [-0.2, -0.15) is 17.0 Å². The molecule has 1 atom stereocenters. The minimum atomic E-state index is -3.69. The van der Waals surface area contributed by atoms with Crippen molar-refractivity contribution < 1.29 is 13.2 Å².